The summed E-state index contributed by atoms with van der Waals surface area (Å²) in [4.78, 5) is 21.3. The summed E-state index contributed by atoms with van der Waals surface area (Å²) >= 11 is 0. The molecule has 8 nitrogen and oxygen atoms in total. The lowest BCUT2D eigenvalue weighted by molar-refractivity contribution is -0.870. The first-order valence-corrected chi connectivity index (χ1v) is 14.7. The zero-order chi connectivity index (χ0) is 27.8. The number of carbonyl (C=O) groups is 1. The summed E-state index contributed by atoms with van der Waals surface area (Å²) < 4.78 is 26.8. The Morgan fingerprint density at radius 1 is 0.838 bits per heavy atom. The summed E-state index contributed by atoms with van der Waals surface area (Å²) in [6.07, 6.45) is 27.2. The number of hydrogen-bond donors (Lipinski definition) is 2. The maximum Gasteiger partial charge on any atom is 0.472 e. The molecule has 0 bridgehead atoms. The molecule has 2 atom stereocenters. The van der Waals surface area contributed by atoms with Crippen LogP contribution in [0.5, 0.6) is 0 Å². The molecule has 9 heteroatoms. The predicted octanol–water partition coefficient (Wildman–Crippen LogP) is 5.65. The van der Waals surface area contributed by atoms with Crippen LogP contribution in [0, 0.1) is 0 Å². The smallest absolute Gasteiger partial charge is 0.460 e. The lowest BCUT2D eigenvalue weighted by Crippen LogP contribution is -2.37. The van der Waals surface area contributed by atoms with Crippen LogP contribution < -0.4 is 0 Å². The number of rotatable bonds is 22. The molecule has 37 heavy (non-hydrogen) atoms. The Hall–Kier alpha value is -1.80. The molecule has 0 spiro atoms. The van der Waals surface area contributed by atoms with E-state index in [1.807, 2.05) is 45.4 Å². The summed E-state index contributed by atoms with van der Waals surface area (Å²) in [6.45, 7) is 1.91. The molecule has 2 N–H and O–H groups in total. The number of phosphoric ester groups is 1. The lowest BCUT2D eigenvalue weighted by atomic mass is 10.1. The van der Waals surface area contributed by atoms with Crippen LogP contribution in [0.4, 0.5) is 0 Å². The van der Waals surface area contributed by atoms with Gasteiger partial charge in [-0.25, -0.2) is 9.36 Å². The van der Waals surface area contributed by atoms with Crippen LogP contribution in [0.2, 0.25) is 0 Å². The molecular weight excluding hydrogens is 493 g/mol. The number of aliphatic hydroxyl groups is 1. The van der Waals surface area contributed by atoms with Gasteiger partial charge in [-0.15, -0.1) is 0 Å². The molecule has 0 aromatic heterocycles. The molecule has 0 radical (unpaired) electrons. The minimum absolute atomic E-state index is 0.0303. The van der Waals surface area contributed by atoms with E-state index in [-0.39, 0.29) is 13.2 Å². The van der Waals surface area contributed by atoms with Crippen molar-refractivity contribution in [2.75, 3.05) is 47.5 Å². The molecule has 0 amide bonds. The van der Waals surface area contributed by atoms with Crippen LogP contribution >= 0.6 is 7.82 Å². The Morgan fingerprint density at radius 2 is 1.41 bits per heavy atom. The average molecular weight is 543 g/mol. The van der Waals surface area contributed by atoms with E-state index in [1.54, 1.807) is 12.2 Å². The number of quaternary nitrogens is 1. The molecule has 0 aliphatic heterocycles. The second-order valence-corrected chi connectivity index (χ2v) is 11.2. The van der Waals surface area contributed by atoms with Gasteiger partial charge in [0, 0.05) is 6.08 Å². The summed E-state index contributed by atoms with van der Waals surface area (Å²) in [5.41, 5.74) is 0. The van der Waals surface area contributed by atoms with Crippen LogP contribution in [0.25, 0.3) is 0 Å². The normalized spacial score (nSPS) is 15.5. The number of esters is 1. The Labute approximate surface area is 224 Å². The first kappa shape index (κ1) is 35.2. The number of allylic oxidation sites excluding steroid dienone is 9. The Bertz CT molecular complexity index is 782. The largest absolute Gasteiger partial charge is 0.472 e. The van der Waals surface area contributed by atoms with Crippen LogP contribution in [-0.2, 0) is 23.1 Å². The highest BCUT2D eigenvalue weighted by molar-refractivity contribution is 7.47. The van der Waals surface area contributed by atoms with Gasteiger partial charge in [-0.3, -0.25) is 9.05 Å². The van der Waals surface area contributed by atoms with E-state index in [1.165, 1.54) is 57.1 Å². The van der Waals surface area contributed by atoms with Gasteiger partial charge >= 0.3 is 13.8 Å². The standard InChI is InChI=1S/C28H48NO7P/c1-5-6-7-8-9-10-11-12-13-14-15-16-17-18-19-20-21-22-28(31)34-25-27(30)26-36-37(32,33)35-24-23-29(2,3)4/h13-22,27,30H,5-12,23-26H2,1-4H3/p+1/b14-13+,16-15+,18-17+,20-19+,22-21+/t27-/m1/s1. The van der Waals surface area contributed by atoms with Crippen molar-refractivity contribution in [3.63, 3.8) is 0 Å². The molecule has 0 aliphatic rings. The van der Waals surface area contributed by atoms with Crippen LogP contribution in [0.15, 0.2) is 60.8 Å². The molecule has 0 aromatic carbocycles. The third-order valence-electron chi connectivity index (χ3n) is 4.99. The van der Waals surface area contributed by atoms with Gasteiger partial charge in [-0.1, -0.05) is 100 Å². The first-order chi connectivity index (χ1) is 17.6. The van der Waals surface area contributed by atoms with E-state index in [9.17, 15) is 19.4 Å². The highest BCUT2D eigenvalue weighted by atomic mass is 31.2. The quantitative estimate of drug-likeness (QED) is 0.0455. The third-order valence-corrected chi connectivity index (χ3v) is 5.97. The van der Waals surface area contributed by atoms with E-state index in [0.29, 0.717) is 11.0 Å². The van der Waals surface area contributed by atoms with Crippen molar-refractivity contribution in [1.82, 2.24) is 0 Å². The van der Waals surface area contributed by atoms with Gasteiger partial charge in [-0.2, -0.15) is 0 Å². The number of carbonyl (C=O) groups excluding carboxylic acids is 1. The van der Waals surface area contributed by atoms with Crippen molar-refractivity contribution in [2.45, 2.75) is 64.4 Å². The molecule has 0 fully saturated rings. The van der Waals surface area contributed by atoms with E-state index >= 15 is 0 Å². The van der Waals surface area contributed by atoms with Gasteiger partial charge in [0.15, 0.2) is 0 Å². The van der Waals surface area contributed by atoms with Gasteiger partial charge in [0.2, 0.25) is 0 Å². The van der Waals surface area contributed by atoms with Crippen LogP contribution in [0.3, 0.4) is 0 Å². The van der Waals surface area contributed by atoms with E-state index in [0.717, 1.165) is 6.42 Å². The number of ether oxygens (including phenoxy) is 1. The molecule has 212 valence electrons. The van der Waals surface area contributed by atoms with Crippen molar-refractivity contribution < 1.29 is 37.6 Å². The number of likely N-dealkylation sites (N-methyl/N-ethyl adjacent to an activating group) is 1. The number of nitrogens with zero attached hydrogens (tertiary/aromatic N) is 1. The molecule has 0 aliphatic carbocycles. The zero-order valence-electron chi connectivity index (χ0n) is 23.2. The molecule has 0 heterocycles. The summed E-state index contributed by atoms with van der Waals surface area (Å²) in [5.74, 6) is -0.648. The van der Waals surface area contributed by atoms with Gasteiger partial charge in [-0.05, 0) is 12.8 Å². The van der Waals surface area contributed by atoms with Crippen LogP contribution in [0.1, 0.15) is 58.3 Å². The Morgan fingerprint density at radius 3 is 2.03 bits per heavy atom. The van der Waals surface area contributed by atoms with Crippen molar-refractivity contribution in [2.24, 2.45) is 0 Å². The van der Waals surface area contributed by atoms with Gasteiger partial charge in [0.05, 0.1) is 27.7 Å². The van der Waals surface area contributed by atoms with Crippen molar-refractivity contribution in [3.05, 3.63) is 60.8 Å². The molecular formula is C28H49NO7P+. The highest BCUT2D eigenvalue weighted by Crippen LogP contribution is 2.43. The SMILES string of the molecule is CCCCCCCCC/C=C/C=C/C=C/C=C/C=C/C(=O)OC[C@@H](O)COP(=O)(O)OCC[N+](C)(C)C. The minimum Gasteiger partial charge on any atom is -0.460 e. The maximum absolute atomic E-state index is 11.8. The summed E-state index contributed by atoms with van der Waals surface area (Å²) in [7, 11) is 1.48. The third kappa shape index (κ3) is 27.1. The monoisotopic (exact) mass is 542 g/mol. The van der Waals surface area contributed by atoms with Crippen molar-refractivity contribution in [3.8, 4) is 0 Å². The first-order valence-electron chi connectivity index (χ1n) is 13.2. The fourth-order valence-electron chi connectivity index (χ4n) is 2.84. The fraction of sp³-hybridized carbons (Fsp3) is 0.607. The van der Waals surface area contributed by atoms with E-state index in [4.69, 9.17) is 13.8 Å². The second-order valence-electron chi connectivity index (χ2n) is 9.75. The van der Waals surface area contributed by atoms with Gasteiger partial charge in [0.25, 0.3) is 0 Å². The fourth-order valence-corrected chi connectivity index (χ4v) is 3.58. The number of hydrogen-bond acceptors (Lipinski definition) is 6. The zero-order valence-corrected chi connectivity index (χ0v) is 24.1. The average Bonchev–Trinajstić information content (AvgIpc) is 2.82. The summed E-state index contributed by atoms with van der Waals surface area (Å²) in [6, 6.07) is 0. The number of phosphoric acid groups is 1. The molecule has 0 saturated heterocycles. The molecule has 1 unspecified atom stereocenters. The Kier molecular flexibility index (Phi) is 21.1. The molecule has 0 rings (SSSR count). The topological polar surface area (TPSA) is 102 Å². The second kappa shape index (κ2) is 22.2. The highest BCUT2D eigenvalue weighted by Gasteiger charge is 2.24. The molecule has 0 saturated carbocycles. The summed E-state index contributed by atoms with van der Waals surface area (Å²) in [5, 5.41) is 9.78. The number of unbranched alkanes of at least 4 members (excludes halogenated alkanes) is 7. The Balaban J connectivity index is 3.93. The van der Waals surface area contributed by atoms with E-state index in [2.05, 4.69) is 19.1 Å². The maximum atomic E-state index is 11.8. The van der Waals surface area contributed by atoms with Gasteiger partial charge in [0.1, 0.15) is 25.9 Å². The van der Waals surface area contributed by atoms with Crippen molar-refractivity contribution >= 4 is 13.8 Å². The predicted molar refractivity (Wildman–Crippen MR) is 150 cm³/mol. The molecule has 0 aromatic rings. The van der Waals surface area contributed by atoms with Crippen LogP contribution in [-0.4, -0.2) is 74.1 Å². The lowest BCUT2D eigenvalue weighted by Gasteiger charge is -2.24. The van der Waals surface area contributed by atoms with E-state index < -0.39 is 26.5 Å². The van der Waals surface area contributed by atoms with Crippen molar-refractivity contribution in [1.29, 1.82) is 0 Å². The number of aliphatic hydroxyl groups excluding tert-OH is 1. The minimum atomic E-state index is -4.28. The van der Waals surface area contributed by atoms with Gasteiger partial charge < -0.3 is 19.2 Å².